The molecule has 0 aromatic carbocycles. The molecule has 0 saturated carbocycles. The van der Waals surface area contributed by atoms with E-state index in [1.807, 2.05) is 55.2 Å². The highest BCUT2D eigenvalue weighted by molar-refractivity contribution is 5.99. The summed E-state index contributed by atoms with van der Waals surface area (Å²) in [5.74, 6) is 0.607. The van der Waals surface area contributed by atoms with Crippen LogP contribution in [0.1, 0.15) is 34.7 Å². The molecule has 0 aliphatic carbocycles. The molecule has 7 nitrogen and oxygen atoms in total. The molecule has 1 unspecified atom stereocenters. The summed E-state index contributed by atoms with van der Waals surface area (Å²) in [5, 5.41) is 7.26. The highest BCUT2D eigenvalue weighted by Crippen LogP contribution is 2.35. The van der Waals surface area contributed by atoms with Crippen molar-refractivity contribution in [2.24, 2.45) is 7.05 Å². The number of ether oxygens (including phenoxy) is 1. The van der Waals surface area contributed by atoms with E-state index in [1.165, 1.54) is 0 Å². The van der Waals surface area contributed by atoms with E-state index in [-0.39, 0.29) is 5.91 Å². The lowest BCUT2D eigenvalue weighted by Gasteiger charge is -2.27. The quantitative estimate of drug-likeness (QED) is 0.787. The van der Waals surface area contributed by atoms with Gasteiger partial charge in [-0.15, -0.1) is 0 Å². The van der Waals surface area contributed by atoms with E-state index >= 15 is 0 Å². The fourth-order valence-corrected chi connectivity index (χ4v) is 3.49. The summed E-state index contributed by atoms with van der Waals surface area (Å²) in [4.78, 5) is 17.2. The van der Waals surface area contributed by atoms with Crippen molar-refractivity contribution in [1.29, 1.82) is 0 Å². The van der Waals surface area contributed by atoms with Crippen molar-refractivity contribution in [3.05, 3.63) is 53.9 Å². The number of fused-ring (bicyclic) bond motifs is 1. The van der Waals surface area contributed by atoms with Crippen LogP contribution in [0.5, 0.6) is 0 Å². The van der Waals surface area contributed by atoms with E-state index in [2.05, 4.69) is 15.4 Å². The van der Waals surface area contributed by atoms with Crippen LogP contribution in [-0.4, -0.2) is 38.2 Å². The van der Waals surface area contributed by atoms with Crippen LogP contribution in [0.2, 0.25) is 0 Å². The molecular formula is C18H21N5O2. The van der Waals surface area contributed by atoms with Crippen molar-refractivity contribution in [1.82, 2.24) is 24.5 Å². The second-order valence-electron chi connectivity index (χ2n) is 6.50. The molecule has 1 fully saturated rings. The van der Waals surface area contributed by atoms with Gasteiger partial charge in [0.05, 0.1) is 18.3 Å². The van der Waals surface area contributed by atoms with Gasteiger partial charge in [-0.3, -0.25) is 9.48 Å². The van der Waals surface area contributed by atoms with Gasteiger partial charge in [0.15, 0.2) is 5.69 Å². The van der Waals surface area contributed by atoms with Crippen LogP contribution in [0, 0.1) is 6.92 Å². The molecule has 1 atom stereocenters. The predicted molar refractivity (Wildman–Crippen MR) is 92.3 cm³/mol. The molecule has 25 heavy (non-hydrogen) atoms. The Kier molecular flexibility index (Phi) is 3.80. The number of rotatable bonds is 4. The monoisotopic (exact) mass is 339 g/mol. The smallest absolute Gasteiger partial charge is 0.272 e. The average molecular weight is 339 g/mol. The predicted octanol–water partition coefficient (Wildman–Crippen LogP) is 1.81. The van der Waals surface area contributed by atoms with E-state index in [0.29, 0.717) is 18.8 Å². The third-order valence-electron chi connectivity index (χ3n) is 4.81. The fourth-order valence-electron chi connectivity index (χ4n) is 3.49. The van der Waals surface area contributed by atoms with E-state index in [4.69, 9.17) is 4.74 Å². The average Bonchev–Trinajstić information content (AvgIpc) is 3.33. The second kappa shape index (κ2) is 6.00. The van der Waals surface area contributed by atoms with Crippen molar-refractivity contribution in [3.8, 4) is 0 Å². The molecule has 4 rings (SSSR count). The zero-order valence-electron chi connectivity index (χ0n) is 14.4. The highest BCUT2D eigenvalue weighted by atomic mass is 16.5. The summed E-state index contributed by atoms with van der Waals surface area (Å²) < 4.78 is 9.70. The SMILES string of the molecule is Cc1nc(C(=O)NCC2(c3cnn(C)c3)CCCO2)c2ccccn12. The third-order valence-corrected chi connectivity index (χ3v) is 4.81. The number of hydrogen-bond acceptors (Lipinski definition) is 4. The number of hydrogen-bond donors (Lipinski definition) is 1. The summed E-state index contributed by atoms with van der Waals surface area (Å²) in [5.41, 5.74) is 1.74. The first-order chi connectivity index (χ1) is 12.1. The minimum absolute atomic E-state index is 0.185. The minimum Gasteiger partial charge on any atom is -0.368 e. The Labute approximate surface area is 145 Å². The van der Waals surface area contributed by atoms with Gasteiger partial charge in [0.25, 0.3) is 5.91 Å². The van der Waals surface area contributed by atoms with Crippen LogP contribution in [0.3, 0.4) is 0 Å². The molecule has 1 aliphatic heterocycles. The maximum atomic E-state index is 12.7. The number of aryl methyl sites for hydroxylation is 2. The van der Waals surface area contributed by atoms with Gasteiger partial charge in [-0.25, -0.2) is 4.98 Å². The summed E-state index contributed by atoms with van der Waals surface area (Å²) >= 11 is 0. The Morgan fingerprint density at radius 3 is 3.04 bits per heavy atom. The Morgan fingerprint density at radius 1 is 1.44 bits per heavy atom. The molecule has 1 saturated heterocycles. The zero-order chi connectivity index (χ0) is 17.4. The maximum Gasteiger partial charge on any atom is 0.272 e. The Morgan fingerprint density at radius 2 is 2.32 bits per heavy atom. The van der Waals surface area contributed by atoms with E-state index in [1.54, 1.807) is 4.68 Å². The molecular weight excluding hydrogens is 318 g/mol. The summed E-state index contributed by atoms with van der Waals surface area (Å²) in [6, 6.07) is 5.73. The number of pyridine rings is 1. The van der Waals surface area contributed by atoms with E-state index < -0.39 is 5.60 Å². The third kappa shape index (κ3) is 2.70. The van der Waals surface area contributed by atoms with Gasteiger partial charge in [-0.1, -0.05) is 6.07 Å². The van der Waals surface area contributed by atoms with Crippen molar-refractivity contribution in [2.75, 3.05) is 13.2 Å². The lowest BCUT2D eigenvalue weighted by Crippen LogP contribution is -2.40. The molecule has 7 heteroatoms. The summed E-state index contributed by atoms with van der Waals surface area (Å²) in [6.07, 6.45) is 7.51. The Hall–Kier alpha value is -2.67. The van der Waals surface area contributed by atoms with Crippen LogP contribution in [0.25, 0.3) is 5.52 Å². The van der Waals surface area contributed by atoms with Gasteiger partial charge in [-0.2, -0.15) is 5.10 Å². The Bertz CT molecular complexity index is 921. The standard InChI is InChI=1S/C18H21N5O2/c1-13-21-16(15-6-3-4-8-23(13)15)17(24)19-12-18(7-5-9-25-18)14-10-20-22(2)11-14/h3-4,6,8,10-11H,5,7,9,12H2,1-2H3,(H,19,24). The molecule has 0 spiro atoms. The first-order valence-electron chi connectivity index (χ1n) is 8.44. The molecule has 130 valence electrons. The molecule has 1 amide bonds. The molecule has 0 radical (unpaired) electrons. The number of carbonyl (C=O) groups is 1. The number of nitrogens with one attached hydrogen (secondary N) is 1. The molecule has 4 heterocycles. The van der Waals surface area contributed by atoms with Gasteiger partial charge in [0.1, 0.15) is 11.4 Å². The summed E-state index contributed by atoms with van der Waals surface area (Å²) in [7, 11) is 1.88. The lowest BCUT2D eigenvalue weighted by atomic mass is 9.93. The van der Waals surface area contributed by atoms with Crippen LogP contribution < -0.4 is 5.32 Å². The summed E-state index contributed by atoms with van der Waals surface area (Å²) in [6.45, 7) is 2.99. The van der Waals surface area contributed by atoms with Crippen LogP contribution >= 0.6 is 0 Å². The van der Waals surface area contributed by atoms with Gasteiger partial charge in [0, 0.05) is 31.6 Å². The Balaban J connectivity index is 1.58. The van der Waals surface area contributed by atoms with E-state index in [9.17, 15) is 4.79 Å². The van der Waals surface area contributed by atoms with Crippen LogP contribution in [-0.2, 0) is 17.4 Å². The van der Waals surface area contributed by atoms with Crippen LogP contribution in [0.15, 0.2) is 36.8 Å². The topological polar surface area (TPSA) is 73.5 Å². The first kappa shape index (κ1) is 15.8. The maximum absolute atomic E-state index is 12.7. The van der Waals surface area contributed by atoms with Crippen molar-refractivity contribution >= 4 is 11.4 Å². The largest absolute Gasteiger partial charge is 0.368 e. The number of amides is 1. The van der Waals surface area contributed by atoms with Gasteiger partial charge in [-0.05, 0) is 31.9 Å². The first-order valence-corrected chi connectivity index (χ1v) is 8.44. The molecule has 1 N–H and O–H groups in total. The van der Waals surface area contributed by atoms with Gasteiger partial charge < -0.3 is 14.5 Å². The van der Waals surface area contributed by atoms with Crippen LogP contribution in [0.4, 0.5) is 0 Å². The van der Waals surface area contributed by atoms with Crippen molar-refractivity contribution in [3.63, 3.8) is 0 Å². The zero-order valence-corrected chi connectivity index (χ0v) is 14.4. The van der Waals surface area contributed by atoms with E-state index in [0.717, 1.165) is 29.7 Å². The normalized spacial score (nSPS) is 20.2. The number of aromatic nitrogens is 4. The molecule has 3 aromatic heterocycles. The highest BCUT2D eigenvalue weighted by Gasteiger charge is 2.38. The number of carbonyl (C=O) groups excluding carboxylic acids is 1. The lowest BCUT2D eigenvalue weighted by molar-refractivity contribution is 0.00127. The van der Waals surface area contributed by atoms with Gasteiger partial charge >= 0.3 is 0 Å². The van der Waals surface area contributed by atoms with Gasteiger partial charge in [0.2, 0.25) is 0 Å². The number of imidazole rings is 1. The molecule has 3 aromatic rings. The second-order valence-corrected chi connectivity index (χ2v) is 6.50. The minimum atomic E-state index is -0.505. The number of nitrogens with zero attached hydrogens (tertiary/aromatic N) is 4. The van der Waals surface area contributed by atoms with Crippen molar-refractivity contribution < 1.29 is 9.53 Å². The molecule has 1 aliphatic rings. The fraction of sp³-hybridized carbons (Fsp3) is 0.389. The molecule has 0 bridgehead atoms. The van der Waals surface area contributed by atoms with Crippen molar-refractivity contribution in [2.45, 2.75) is 25.4 Å².